The van der Waals surface area contributed by atoms with Crippen molar-refractivity contribution in [3.8, 4) is 5.75 Å². The number of methoxy groups -OCH3 is 1. The SMILES string of the molecule is COCc1cnc(N2CCC([C@H]3C[C@H]3CCOc3ccc(C(=O)CN4CC(O)C4)cc3)CC2)nc1. The van der Waals surface area contributed by atoms with Crippen LogP contribution < -0.4 is 9.64 Å². The molecule has 2 atom stereocenters. The molecule has 2 aromatic rings. The highest BCUT2D eigenvalue weighted by molar-refractivity contribution is 5.97. The van der Waals surface area contributed by atoms with E-state index in [1.54, 1.807) is 7.11 Å². The van der Waals surface area contributed by atoms with Crippen molar-refractivity contribution in [1.82, 2.24) is 14.9 Å². The summed E-state index contributed by atoms with van der Waals surface area (Å²) in [7, 11) is 1.68. The smallest absolute Gasteiger partial charge is 0.225 e. The first-order chi connectivity index (χ1) is 17.1. The van der Waals surface area contributed by atoms with Crippen molar-refractivity contribution in [2.45, 2.75) is 38.4 Å². The van der Waals surface area contributed by atoms with Gasteiger partial charge in [-0.1, -0.05) is 0 Å². The lowest BCUT2D eigenvalue weighted by molar-refractivity contribution is 0.00514. The van der Waals surface area contributed by atoms with E-state index in [-0.39, 0.29) is 11.9 Å². The highest BCUT2D eigenvalue weighted by atomic mass is 16.5. The van der Waals surface area contributed by atoms with Crippen LogP contribution in [0.15, 0.2) is 36.7 Å². The summed E-state index contributed by atoms with van der Waals surface area (Å²) in [6, 6.07) is 7.47. The maximum absolute atomic E-state index is 12.3. The van der Waals surface area contributed by atoms with Gasteiger partial charge in [0.1, 0.15) is 5.75 Å². The fraction of sp³-hybridized carbons (Fsp3) is 0.593. The van der Waals surface area contributed by atoms with Gasteiger partial charge in [-0.3, -0.25) is 9.69 Å². The molecule has 1 N–H and O–H groups in total. The van der Waals surface area contributed by atoms with Crippen LogP contribution in [-0.2, 0) is 11.3 Å². The molecule has 1 saturated carbocycles. The number of nitrogens with zero attached hydrogens (tertiary/aromatic N) is 4. The zero-order chi connectivity index (χ0) is 24.2. The Kier molecular flexibility index (Phi) is 7.60. The van der Waals surface area contributed by atoms with Crippen LogP contribution in [-0.4, -0.2) is 78.3 Å². The standard InChI is InChI=1S/C27H36N4O4/c1-34-18-19-13-28-27(29-14-19)31-9-6-20(7-10-31)25-12-22(25)8-11-35-24-4-2-21(3-5-24)26(33)17-30-15-23(32)16-30/h2-5,13-14,20,22-23,25,32H,6-12,15-18H2,1H3/t22-,25-/m1/s1. The van der Waals surface area contributed by atoms with Crippen LogP contribution in [0.3, 0.4) is 0 Å². The van der Waals surface area contributed by atoms with Crippen LogP contribution in [0.25, 0.3) is 0 Å². The quantitative estimate of drug-likeness (QED) is 0.491. The zero-order valence-corrected chi connectivity index (χ0v) is 20.5. The van der Waals surface area contributed by atoms with Gasteiger partial charge < -0.3 is 19.5 Å². The van der Waals surface area contributed by atoms with Gasteiger partial charge in [-0.25, -0.2) is 9.97 Å². The van der Waals surface area contributed by atoms with Crippen LogP contribution in [0, 0.1) is 17.8 Å². The summed E-state index contributed by atoms with van der Waals surface area (Å²) >= 11 is 0. The molecule has 1 aliphatic carbocycles. The van der Waals surface area contributed by atoms with E-state index in [0.717, 1.165) is 61.1 Å². The molecule has 35 heavy (non-hydrogen) atoms. The van der Waals surface area contributed by atoms with Crippen LogP contribution in [0.2, 0.25) is 0 Å². The van der Waals surface area contributed by atoms with Gasteiger partial charge in [0.15, 0.2) is 5.78 Å². The first-order valence-electron chi connectivity index (χ1n) is 12.8. The van der Waals surface area contributed by atoms with Gasteiger partial charge in [-0.05, 0) is 67.7 Å². The predicted molar refractivity (Wildman–Crippen MR) is 133 cm³/mol. The Morgan fingerprint density at radius 3 is 2.49 bits per heavy atom. The van der Waals surface area contributed by atoms with Gasteiger partial charge in [0, 0.05) is 56.8 Å². The Labute approximate surface area is 207 Å². The minimum atomic E-state index is -0.281. The van der Waals surface area contributed by atoms with Gasteiger partial charge in [-0.15, -0.1) is 0 Å². The maximum atomic E-state index is 12.3. The number of ether oxygens (including phenoxy) is 2. The lowest BCUT2D eigenvalue weighted by atomic mass is 9.90. The van der Waals surface area contributed by atoms with E-state index in [1.807, 2.05) is 41.6 Å². The molecule has 8 heteroatoms. The lowest BCUT2D eigenvalue weighted by Gasteiger charge is -2.35. The molecular formula is C27H36N4O4. The molecule has 0 unspecified atom stereocenters. The average Bonchev–Trinajstić information content (AvgIpc) is 3.64. The van der Waals surface area contributed by atoms with E-state index in [2.05, 4.69) is 14.9 Å². The second-order valence-electron chi connectivity index (χ2n) is 10.2. The maximum Gasteiger partial charge on any atom is 0.225 e. The van der Waals surface area contributed by atoms with Gasteiger partial charge in [0.25, 0.3) is 0 Å². The zero-order valence-electron chi connectivity index (χ0n) is 20.5. The summed E-state index contributed by atoms with van der Waals surface area (Å²) in [6.45, 7) is 4.87. The molecule has 5 rings (SSSR count). The third-order valence-corrected chi connectivity index (χ3v) is 7.65. The highest BCUT2D eigenvalue weighted by Crippen LogP contribution is 2.49. The Bertz CT molecular complexity index is 970. The molecule has 2 aliphatic heterocycles. The number of hydrogen-bond donors (Lipinski definition) is 1. The molecule has 0 amide bonds. The highest BCUT2D eigenvalue weighted by Gasteiger charge is 2.43. The number of rotatable bonds is 11. The van der Waals surface area contributed by atoms with Gasteiger partial charge in [0.05, 0.1) is 25.9 Å². The monoisotopic (exact) mass is 480 g/mol. The number of likely N-dealkylation sites (tertiary alicyclic amines) is 1. The van der Waals surface area contributed by atoms with Crippen molar-refractivity contribution >= 4 is 11.7 Å². The largest absolute Gasteiger partial charge is 0.494 e. The fourth-order valence-corrected chi connectivity index (χ4v) is 5.49. The van der Waals surface area contributed by atoms with E-state index in [0.29, 0.717) is 31.8 Å². The molecule has 3 aliphatic rings. The molecule has 1 aromatic carbocycles. The van der Waals surface area contributed by atoms with Crippen molar-refractivity contribution in [1.29, 1.82) is 0 Å². The number of β-amino-alcohol motifs (C(OH)–C–C–N with tert-alkyl or cyclic N) is 1. The number of hydrogen-bond acceptors (Lipinski definition) is 8. The topological polar surface area (TPSA) is 88.0 Å². The molecular weight excluding hydrogens is 444 g/mol. The number of anilines is 1. The summed E-state index contributed by atoms with van der Waals surface area (Å²) in [4.78, 5) is 25.6. The second kappa shape index (κ2) is 11.0. The van der Waals surface area contributed by atoms with E-state index in [4.69, 9.17) is 9.47 Å². The summed E-state index contributed by atoms with van der Waals surface area (Å²) in [6.07, 6.45) is 8.26. The van der Waals surface area contributed by atoms with Crippen LogP contribution in [0.5, 0.6) is 5.75 Å². The molecule has 8 nitrogen and oxygen atoms in total. The first kappa shape index (κ1) is 24.2. The predicted octanol–water partition coefficient (Wildman–Crippen LogP) is 2.80. The van der Waals surface area contributed by atoms with Gasteiger partial charge in [-0.2, -0.15) is 0 Å². The second-order valence-corrected chi connectivity index (χ2v) is 10.2. The van der Waals surface area contributed by atoms with Crippen LogP contribution in [0.1, 0.15) is 41.6 Å². The summed E-state index contributed by atoms with van der Waals surface area (Å²) in [5.41, 5.74) is 1.70. The van der Waals surface area contributed by atoms with E-state index < -0.39 is 0 Å². The van der Waals surface area contributed by atoms with Gasteiger partial charge >= 0.3 is 0 Å². The Balaban J connectivity index is 0.988. The van der Waals surface area contributed by atoms with Crippen molar-refractivity contribution in [2.75, 3.05) is 51.3 Å². The summed E-state index contributed by atoms with van der Waals surface area (Å²) in [5.74, 6) is 4.13. The van der Waals surface area contributed by atoms with Crippen molar-refractivity contribution in [3.63, 3.8) is 0 Å². The van der Waals surface area contributed by atoms with Crippen LogP contribution in [0.4, 0.5) is 5.95 Å². The number of Topliss-reactive ketones (excluding diaryl/α,β-unsaturated/α-hetero) is 1. The number of carbonyl (C=O) groups excluding carboxylic acids is 1. The molecule has 0 bridgehead atoms. The lowest BCUT2D eigenvalue weighted by Crippen LogP contribution is -2.52. The molecule has 0 spiro atoms. The minimum absolute atomic E-state index is 0.0880. The van der Waals surface area contributed by atoms with Crippen molar-refractivity contribution < 1.29 is 19.4 Å². The fourth-order valence-electron chi connectivity index (χ4n) is 5.49. The average molecular weight is 481 g/mol. The molecule has 3 fully saturated rings. The Hall–Kier alpha value is -2.55. The minimum Gasteiger partial charge on any atom is -0.494 e. The molecule has 3 heterocycles. The number of aliphatic hydroxyl groups is 1. The van der Waals surface area contributed by atoms with E-state index >= 15 is 0 Å². The third kappa shape index (κ3) is 6.18. The number of piperidine rings is 1. The first-order valence-corrected chi connectivity index (χ1v) is 12.8. The normalized spacial score (nSPS) is 23.2. The van der Waals surface area contributed by atoms with E-state index in [9.17, 15) is 9.90 Å². The number of ketones is 1. The summed E-state index contributed by atoms with van der Waals surface area (Å²) < 4.78 is 11.1. The third-order valence-electron chi connectivity index (χ3n) is 7.65. The van der Waals surface area contributed by atoms with Crippen molar-refractivity contribution in [3.05, 3.63) is 47.8 Å². The summed E-state index contributed by atoms with van der Waals surface area (Å²) in [5, 5.41) is 9.35. The molecule has 0 radical (unpaired) electrons. The Morgan fingerprint density at radius 2 is 1.83 bits per heavy atom. The molecule has 1 aromatic heterocycles. The Morgan fingerprint density at radius 1 is 1.11 bits per heavy atom. The van der Waals surface area contributed by atoms with Crippen molar-refractivity contribution in [2.24, 2.45) is 17.8 Å². The van der Waals surface area contributed by atoms with Crippen LogP contribution >= 0.6 is 0 Å². The van der Waals surface area contributed by atoms with E-state index in [1.165, 1.54) is 19.3 Å². The molecule has 188 valence electrons. The molecule has 2 saturated heterocycles. The number of carbonyl (C=O) groups is 1. The number of benzene rings is 1. The number of aromatic nitrogens is 2. The number of aliphatic hydroxyl groups excluding tert-OH is 1. The van der Waals surface area contributed by atoms with Gasteiger partial charge in [0.2, 0.25) is 5.95 Å².